The SMILES string of the molecule is CCOC(=O)C1C2CC(C3C(C)C23)N1C(=O)OC(C)(C)C. The van der Waals surface area contributed by atoms with Crippen molar-refractivity contribution in [1.29, 1.82) is 0 Å². The molecular formula is C16H25NO4. The second-order valence-corrected chi connectivity index (χ2v) is 7.57. The molecule has 3 aliphatic rings. The van der Waals surface area contributed by atoms with Crippen LogP contribution in [-0.4, -0.2) is 41.3 Å². The van der Waals surface area contributed by atoms with Crippen molar-refractivity contribution >= 4 is 12.1 Å². The van der Waals surface area contributed by atoms with Gasteiger partial charge in [-0.3, -0.25) is 4.90 Å². The minimum Gasteiger partial charge on any atom is -0.464 e. The van der Waals surface area contributed by atoms with Crippen LogP contribution in [0.2, 0.25) is 0 Å². The lowest BCUT2D eigenvalue weighted by molar-refractivity contribution is -0.151. The fourth-order valence-electron chi connectivity index (χ4n) is 4.53. The number of esters is 1. The van der Waals surface area contributed by atoms with Crippen LogP contribution in [0.5, 0.6) is 0 Å². The molecule has 21 heavy (non-hydrogen) atoms. The Morgan fingerprint density at radius 3 is 2.48 bits per heavy atom. The molecule has 1 aliphatic heterocycles. The third-order valence-electron chi connectivity index (χ3n) is 5.17. The van der Waals surface area contributed by atoms with Gasteiger partial charge in [-0.15, -0.1) is 0 Å². The average Bonchev–Trinajstić information content (AvgIpc) is 2.76. The zero-order chi connectivity index (χ0) is 15.5. The molecule has 3 fully saturated rings. The molecule has 3 rings (SSSR count). The molecule has 6 unspecified atom stereocenters. The van der Waals surface area contributed by atoms with Gasteiger partial charge in [-0.05, 0) is 57.8 Å². The summed E-state index contributed by atoms with van der Waals surface area (Å²) < 4.78 is 10.7. The number of carbonyl (C=O) groups is 2. The van der Waals surface area contributed by atoms with E-state index in [9.17, 15) is 9.59 Å². The molecular weight excluding hydrogens is 270 g/mol. The van der Waals surface area contributed by atoms with Gasteiger partial charge in [-0.25, -0.2) is 9.59 Å². The first-order valence-corrected chi connectivity index (χ1v) is 7.94. The molecule has 6 atom stereocenters. The van der Waals surface area contributed by atoms with Crippen molar-refractivity contribution < 1.29 is 19.1 Å². The predicted octanol–water partition coefficient (Wildman–Crippen LogP) is 2.44. The molecule has 0 aromatic carbocycles. The van der Waals surface area contributed by atoms with E-state index in [-0.39, 0.29) is 24.0 Å². The van der Waals surface area contributed by atoms with Crippen LogP contribution in [0.25, 0.3) is 0 Å². The molecule has 1 saturated heterocycles. The van der Waals surface area contributed by atoms with Crippen LogP contribution in [0.15, 0.2) is 0 Å². The summed E-state index contributed by atoms with van der Waals surface area (Å²) in [6, 6.07) is -0.296. The fourth-order valence-corrected chi connectivity index (χ4v) is 4.53. The molecule has 118 valence electrons. The summed E-state index contributed by atoms with van der Waals surface area (Å²) in [4.78, 5) is 26.5. The van der Waals surface area contributed by atoms with Crippen molar-refractivity contribution in [3.8, 4) is 0 Å². The second-order valence-electron chi connectivity index (χ2n) is 7.57. The number of likely N-dealkylation sites (tertiary alicyclic amines) is 1. The van der Waals surface area contributed by atoms with Gasteiger partial charge < -0.3 is 9.47 Å². The maximum absolute atomic E-state index is 12.5. The predicted molar refractivity (Wildman–Crippen MR) is 76.5 cm³/mol. The minimum absolute atomic E-state index is 0.152. The Bertz CT molecular complexity index is 469. The summed E-state index contributed by atoms with van der Waals surface area (Å²) in [5.74, 6) is 1.73. The van der Waals surface area contributed by atoms with Gasteiger partial charge in [0.05, 0.1) is 6.61 Å². The van der Waals surface area contributed by atoms with Gasteiger partial charge in [0.2, 0.25) is 0 Å². The second kappa shape index (κ2) is 4.62. The average molecular weight is 295 g/mol. The lowest BCUT2D eigenvalue weighted by Gasteiger charge is -2.34. The maximum Gasteiger partial charge on any atom is 0.411 e. The lowest BCUT2D eigenvalue weighted by atomic mass is 9.95. The summed E-state index contributed by atoms with van der Waals surface area (Å²) >= 11 is 0. The topological polar surface area (TPSA) is 55.8 Å². The van der Waals surface area contributed by atoms with E-state index in [4.69, 9.17) is 9.47 Å². The molecule has 0 aromatic heterocycles. The highest BCUT2D eigenvalue weighted by molar-refractivity contribution is 5.84. The van der Waals surface area contributed by atoms with Gasteiger partial charge in [-0.1, -0.05) is 6.92 Å². The highest BCUT2D eigenvalue weighted by Crippen LogP contribution is 2.67. The zero-order valence-corrected chi connectivity index (χ0v) is 13.5. The van der Waals surface area contributed by atoms with Crippen LogP contribution in [0.3, 0.4) is 0 Å². The van der Waals surface area contributed by atoms with E-state index in [2.05, 4.69) is 6.92 Å². The van der Waals surface area contributed by atoms with E-state index in [1.165, 1.54) is 0 Å². The number of hydrogen-bond donors (Lipinski definition) is 0. The van der Waals surface area contributed by atoms with E-state index < -0.39 is 11.6 Å². The number of amides is 1. The number of hydrogen-bond acceptors (Lipinski definition) is 4. The summed E-state index contributed by atoms with van der Waals surface area (Å²) in [6.07, 6.45) is 0.549. The Hall–Kier alpha value is -1.26. The van der Waals surface area contributed by atoms with Gasteiger partial charge in [0.25, 0.3) is 0 Å². The van der Waals surface area contributed by atoms with Crippen molar-refractivity contribution in [2.75, 3.05) is 6.61 Å². The molecule has 2 bridgehead atoms. The van der Waals surface area contributed by atoms with Gasteiger partial charge in [-0.2, -0.15) is 0 Å². The number of rotatable bonds is 2. The monoisotopic (exact) mass is 295 g/mol. The van der Waals surface area contributed by atoms with Crippen LogP contribution in [0.1, 0.15) is 41.0 Å². The largest absolute Gasteiger partial charge is 0.464 e. The number of ether oxygens (including phenoxy) is 2. The summed E-state index contributed by atoms with van der Waals surface area (Å²) in [7, 11) is 0. The van der Waals surface area contributed by atoms with E-state index in [1.807, 2.05) is 20.8 Å². The number of nitrogens with zero attached hydrogens (tertiary/aromatic N) is 1. The van der Waals surface area contributed by atoms with E-state index >= 15 is 0 Å². The fraction of sp³-hybridized carbons (Fsp3) is 0.875. The number of fused-ring (bicyclic) bond motifs is 5. The quantitative estimate of drug-likeness (QED) is 0.734. The summed E-state index contributed by atoms with van der Waals surface area (Å²) in [6.45, 7) is 9.91. The summed E-state index contributed by atoms with van der Waals surface area (Å²) in [5, 5.41) is 0. The highest BCUT2D eigenvalue weighted by atomic mass is 16.6. The Balaban J connectivity index is 1.82. The molecule has 2 aliphatic carbocycles. The molecule has 0 aromatic rings. The highest BCUT2D eigenvalue weighted by Gasteiger charge is 2.71. The Morgan fingerprint density at radius 2 is 1.90 bits per heavy atom. The molecule has 0 radical (unpaired) electrons. The van der Waals surface area contributed by atoms with E-state index in [0.29, 0.717) is 24.4 Å². The van der Waals surface area contributed by atoms with E-state index in [0.717, 1.165) is 6.42 Å². The van der Waals surface area contributed by atoms with Crippen LogP contribution in [0, 0.1) is 23.7 Å². The maximum atomic E-state index is 12.5. The van der Waals surface area contributed by atoms with Gasteiger partial charge >= 0.3 is 12.1 Å². The van der Waals surface area contributed by atoms with Gasteiger partial charge in [0.15, 0.2) is 0 Å². The Morgan fingerprint density at radius 1 is 1.24 bits per heavy atom. The van der Waals surface area contributed by atoms with E-state index in [1.54, 1.807) is 11.8 Å². The zero-order valence-electron chi connectivity index (χ0n) is 13.5. The first-order valence-electron chi connectivity index (χ1n) is 7.94. The first-order chi connectivity index (χ1) is 9.76. The van der Waals surface area contributed by atoms with Gasteiger partial charge in [0, 0.05) is 6.04 Å². The third-order valence-corrected chi connectivity index (χ3v) is 5.17. The number of piperidine rings is 1. The molecule has 5 heteroatoms. The number of carbonyl (C=O) groups excluding carboxylic acids is 2. The molecule has 0 spiro atoms. The summed E-state index contributed by atoms with van der Waals surface area (Å²) in [5.41, 5.74) is -0.549. The Labute approximate surface area is 126 Å². The van der Waals surface area contributed by atoms with Crippen molar-refractivity contribution in [2.24, 2.45) is 23.7 Å². The van der Waals surface area contributed by atoms with Crippen LogP contribution < -0.4 is 0 Å². The van der Waals surface area contributed by atoms with Crippen molar-refractivity contribution in [3.63, 3.8) is 0 Å². The molecule has 1 heterocycles. The smallest absolute Gasteiger partial charge is 0.411 e. The van der Waals surface area contributed by atoms with Crippen LogP contribution >= 0.6 is 0 Å². The minimum atomic E-state index is -0.549. The molecule has 5 nitrogen and oxygen atoms in total. The molecule has 2 saturated carbocycles. The van der Waals surface area contributed by atoms with Crippen LogP contribution in [-0.2, 0) is 14.3 Å². The molecule has 0 N–H and O–H groups in total. The van der Waals surface area contributed by atoms with Crippen molar-refractivity contribution in [1.82, 2.24) is 4.90 Å². The Kier molecular flexibility index (Phi) is 3.22. The normalized spacial score (nSPS) is 40.0. The lowest BCUT2D eigenvalue weighted by Crippen LogP contribution is -2.52. The van der Waals surface area contributed by atoms with Crippen molar-refractivity contribution in [3.05, 3.63) is 0 Å². The first kappa shape index (κ1) is 14.7. The standard InChI is InChI=1S/C16H25NO4/c1-6-20-14(18)13-9-7-10(12-8(2)11(9)12)17(13)15(19)21-16(3,4)5/h8-13H,6-7H2,1-5H3. The van der Waals surface area contributed by atoms with Crippen LogP contribution in [0.4, 0.5) is 4.79 Å². The van der Waals surface area contributed by atoms with Gasteiger partial charge in [0.1, 0.15) is 11.6 Å². The van der Waals surface area contributed by atoms with Crippen molar-refractivity contribution in [2.45, 2.75) is 58.7 Å². The molecule has 1 amide bonds. The third kappa shape index (κ3) is 2.21.